The van der Waals surface area contributed by atoms with Crippen LogP contribution in [0.25, 0.3) is 11.1 Å². The molecular weight excluding hydrogens is 328 g/mol. The predicted molar refractivity (Wildman–Crippen MR) is 101 cm³/mol. The highest BCUT2D eigenvalue weighted by molar-refractivity contribution is 5.95. The molecule has 2 atom stereocenters. The normalized spacial score (nSPS) is 23.2. The fourth-order valence-electron chi connectivity index (χ4n) is 3.76. The number of pyridine rings is 1. The molecule has 2 aliphatic rings. The number of nitrogens with one attached hydrogen (secondary N) is 1. The van der Waals surface area contributed by atoms with E-state index < -0.39 is 0 Å². The van der Waals surface area contributed by atoms with Crippen LogP contribution in [0.4, 0.5) is 5.82 Å². The van der Waals surface area contributed by atoms with E-state index in [-0.39, 0.29) is 11.9 Å². The van der Waals surface area contributed by atoms with Crippen molar-refractivity contribution in [3.8, 4) is 11.1 Å². The van der Waals surface area contributed by atoms with Gasteiger partial charge in [0.15, 0.2) is 0 Å². The van der Waals surface area contributed by atoms with Gasteiger partial charge in [0.05, 0.1) is 25.3 Å². The summed E-state index contributed by atoms with van der Waals surface area (Å²) in [6, 6.07) is 11.6. The maximum Gasteiger partial charge on any atom is 0.251 e. The molecule has 3 N–H and O–H groups in total. The first-order valence-corrected chi connectivity index (χ1v) is 9.15. The minimum atomic E-state index is -0.0494. The van der Waals surface area contributed by atoms with E-state index in [1.807, 2.05) is 30.3 Å². The number of nitrogens with two attached hydrogens (primary N) is 1. The second kappa shape index (κ2) is 7.43. The molecule has 2 aliphatic heterocycles. The van der Waals surface area contributed by atoms with Gasteiger partial charge in [-0.05, 0) is 55.8 Å². The van der Waals surface area contributed by atoms with Crippen LogP contribution in [0, 0.1) is 0 Å². The molecule has 0 saturated carbocycles. The molecule has 4 rings (SSSR count). The van der Waals surface area contributed by atoms with E-state index in [9.17, 15) is 4.79 Å². The number of anilines is 1. The SMILES string of the molecule is Nc1ccc(-c2ccc(C(=O)NC3COCC3N3CCCC3)cc2)cn1. The van der Waals surface area contributed by atoms with E-state index in [4.69, 9.17) is 10.5 Å². The van der Waals surface area contributed by atoms with Crippen LogP contribution in [0.2, 0.25) is 0 Å². The second-order valence-electron chi connectivity index (χ2n) is 6.98. The zero-order valence-corrected chi connectivity index (χ0v) is 14.7. The number of hydrogen-bond acceptors (Lipinski definition) is 5. The van der Waals surface area contributed by atoms with Crippen molar-refractivity contribution in [2.45, 2.75) is 24.9 Å². The van der Waals surface area contributed by atoms with Crippen LogP contribution < -0.4 is 11.1 Å². The zero-order chi connectivity index (χ0) is 17.9. The lowest BCUT2D eigenvalue weighted by Crippen LogP contribution is -2.50. The van der Waals surface area contributed by atoms with E-state index in [2.05, 4.69) is 15.2 Å². The molecule has 1 aromatic carbocycles. The molecule has 0 aliphatic carbocycles. The van der Waals surface area contributed by atoms with E-state index in [1.54, 1.807) is 12.3 Å². The summed E-state index contributed by atoms with van der Waals surface area (Å²) in [6.45, 7) is 3.49. The zero-order valence-electron chi connectivity index (χ0n) is 14.7. The van der Waals surface area contributed by atoms with Gasteiger partial charge in [0.2, 0.25) is 0 Å². The van der Waals surface area contributed by atoms with Gasteiger partial charge in [-0.3, -0.25) is 9.69 Å². The van der Waals surface area contributed by atoms with Crippen LogP contribution >= 0.6 is 0 Å². The first kappa shape index (κ1) is 17.0. The Bertz CT molecular complexity index is 754. The van der Waals surface area contributed by atoms with E-state index in [0.29, 0.717) is 30.6 Å². The topological polar surface area (TPSA) is 80.5 Å². The molecule has 0 spiro atoms. The lowest BCUT2D eigenvalue weighted by molar-refractivity contribution is 0.0916. The molecule has 2 unspecified atom stereocenters. The summed E-state index contributed by atoms with van der Waals surface area (Å²) in [5.41, 5.74) is 8.27. The number of hydrogen-bond donors (Lipinski definition) is 2. The average molecular weight is 352 g/mol. The summed E-state index contributed by atoms with van der Waals surface area (Å²) in [5.74, 6) is 0.447. The Labute approximate surface area is 153 Å². The highest BCUT2D eigenvalue weighted by Crippen LogP contribution is 2.21. The Morgan fingerprint density at radius 3 is 2.50 bits per heavy atom. The third-order valence-corrected chi connectivity index (χ3v) is 5.24. The Kier molecular flexibility index (Phi) is 4.86. The molecule has 6 heteroatoms. The second-order valence-corrected chi connectivity index (χ2v) is 6.98. The average Bonchev–Trinajstić information content (AvgIpc) is 3.34. The molecule has 136 valence electrons. The number of carbonyl (C=O) groups excluding carboxylic acids is 1. The number of likely N-dealkylation sites (tertiary alicyclic amines) is 1. The summed E-state index contributed by atoms with van der Waals surface area (Å²) < 4.78 is 5.63. The summed E-state index contributed by atoms with van der Waals surface area (Å²) in [6.07, 6.45) is 4.21. The van der Waals surface area contributed by atoms with Crippen LogP contribution in [-0.4, -0.2) is 54.2 Å². The lowest BCUT2D eigenvalue weighted by atomic mass is 10.0. The smallest absolute Gasteiger partial charge is 0.251 e. The minimum Gasteiger partial charge on any atom is -0.384 e. The van der Waals surface area contributed by atoms with E-state index in [0.717, 1.165) is 24.2 Å². The highest BCUT2D eigenvalue weighted by Gasteiger charge is 2.35. The molecule has 2 saturated heterocycles. The van der Waals surface area contributed by atoms with Crippen molar-refractivity contribution in [2.75, 3.05) is 32.0 Å². The monoisotopic (exact) mass is 352 g/mol. The summed E-state index contributed by atoms with van der Waals surface area (Å²) in [7, 11) is 0. The van der Waals surface area contributed by atoms with Gasteiger partial charge in [-0.15, -0.1) is 0 Å². The maximum atomic E-state index is 12.6. The van der Waals surface area contributed by atoms with Gasteiger partial charge < -0.3 is 15.8 Å². The third kappa shape index (κ3) is 3.57. The maximum absolute atomic E-state index is 12.6. The van der Waals surface area contributed by atoms with Crippen molar-refractivity contribution in [1.29, 1.82) is 0 Å². The minimum absolute atomic E-state index is 0.0494. The van der Waals surface area contributed by atoms with E-state index >= 15 is 0 Å². The number of carbonyl (C=O) groups is 1. The van der Waals surface area contributed by atoms with Crippen molar-refractivity contribution in [1.82, 2.24) is 15.2 Å². The molecular formula is C20H24N4O2. The molecule has 6 nitrogen and oxygen atoms in total. The molecule has 2 aromatic rings. The fraction of sp³-hybridized carbons (Fsp3) is 0.400. The molecule has 2 fully saturated rings. The van der Waals surface area contributed by atoms with Crippen molar-refractivity contribution in [3.63, 3.8) is 0 Å². The van der Waals surface area contributed by atoms with Gasteiger partial charge in [-0.25, -0.2) is 4.98 Å². The van der Waals surface area contributed by atoms with Gasteiger partial charge in [0.25, 0.3) is 5.91 Å². The molecule has 3 heterocycles. The van der Waals surface area contributed by atoms with Crippen LogP contribution in [0.1, 0.15) is 23.2 Å². The largest absolute Gasteiger partial charge is 0.384 e. The Morgan fingerprint density at radius 2 is 1.81 bits per heavy atom. The lowest BCUT2D eigenvalue weighted by Gasteiger charge is -2.27. The highest BCUT2D eigenvalue weighted by atomic mass is 16.5. The van der Waals surface area contributed by atoms with Gasteiger partial charge >= 0.3 is 0 Å². The number of aromatic nitrogens is 1. The predicted octanol–water partition coefficient (Wildman–Crippen LogP) is 1.92. The standard InChI is InChI=1S/C20H24N4O2/c21-19-8-7-16(11-22-19)14-3-5-15(6-4-14)20(25)23-17-12-26-13-18(17)24-9-1-2-10-24/h3-8,11,17-18H,1-2,9-10,12-13H2,(H2,21,22)(H,23,25). The van der Waals surface area contributed by atoms with Crippen molar-refractivity contribution in [2.24, 2.45) is 0 Å². The summed E-state index contributed by atoms with van der Waals surface area (Å²) in [5, 5.41) is 3.15. The van der Waals surface area contributed by atoms with Crippen LogP contribution in [0.5, 0.6) is 0 Å². The molecule has 0 bridgehead atoms. The van der Waals surface area contributed by atoms with Gasteiger partial charge in [-0.2, -0.15) is 0 Å². The number of nitrogen functional groups attached to an aromatic ring is 1. The van der Waals surface area contributed by atoms with Crippen LogP contribution in [0.15, 0.2) is 42.6 Å². The Balaban J connectivity index is 1.42. The summed E-state index contributed by atoms with van der Waals surface area (Å²) >= 11 is 0. The Hall–Kier alpha value is -2.44. The van der Waals surface area contributed by atoms with Gasteiger partial charge in [-0.1, -0.05) is 12.1 Å². The fourth-order valence-corrected chi connectivity index (χ4v) is 3.76. The molecule has 0 radical (unpaired) electrons. The molecule has 1 aromatic heterocycles. The number of ether oxygens (including phenoxy) is 1. The van der Waals surface area contributed by atoms with Crippen molar-refractivity contribution < 1.29 is 9.53 Å². The number of nitrogens with zero attached hydrogens (tertiary/aromatic N) is 2. The first-order valence-electron chi connectivity index (χ1n) is 9.15. The third-order valence-electron chi connectivity index (χ3n) is 5.24. The van der Waals surface area contributed by atoms with Crippen molar-refractivity contribution in [3.05, 3.63) is 48.2 Å². The van der Waals surface area contributed by atoms with E-state index in [1.165, 1.54) is 12.8 Å². The quantitative estimate of drug-likeness (QED) is 0.879. The molecule has 1 amide bonds. The summed E-state index contributed by atoms with van der Waals surface area (Å²) in [4.78, 5) is 19.2. The van der Waals surface area contributed by atoms with Crippen LogP contribution in [0.3, 0.4) is 0 Å². The number of amides is 1. The Morgan fingerprint density at radius 1 is 1.08 bits per heavy atom. The number of rotatable bonds is 4. The number of benzene rings is 1. The first-order chi connectivity index (χ1) is 12.7. The van der Waals surface area contributed by atoms with Gasteiger partial charge in [0.1, 0.15) is 5.82 Å². The van der Waals surface area contributed by atoms with Crippen molar-refractivity contribution >= 4 is 11.7 Å². The van der Waals surface area contributed by atoms with Crippen LogP contribution in [-0.2, 0) is 4.74 Å². The van der Waals surface area contributed by atoms with Gasteiger partial charge in [0, 0.05) is 17.3 Å². The molecule has 26 heavy (non-hydrogen) atoms.